The van der Waals surface area contributed by atoms with Gasteiger partial charge in [-0.3, -0.25) is 0 Å². The van der Waals surface area contributed by atoms with E-state index < -0.39 is 0 Å². The van der Waals surface area contributed by atoms with E-state index in [4.69, 9.17) is 4.74 Å². The molecule has 0 aromatic heterocycles. The second kappa shape index (κ2) is 9.52. The van der Waals surface area contributed by atoms with Crippen molar-refractivity contribution in [3.63, 3.8) is 0 Å². The van der Waals surface area contributed by atoms with Gasteiger partial charge in [0.25, 0.3) is 0 Å². The summed E-state index contributed by atoms with van der Waals surface area (Å²) < 4.78 is 20.9. The van der Waals surface area contributed by atoms with Gasteiger partial charge in [-0.25, -0.2) is 4.39 Å². The Bertz CT molecular complexity index is 1030. The third-order valence-corrected chi connectivity index (χ3v) is 5.71. The number of rotatable bonds is 5. The number of benzene rings is 3. The van der Waals surface area contributed by atoms with Crippen molar-refractivity contribution in [3.05, 3.63) is 95.9 Å². The van der Waals surface area contributed by atoms with Gasteiger partial charge in [-0.05, 0) is 99.1 Å². The molecule has 0 N–H and O–H groups in total. The predicted octanol–water partition coefficient (Wildman–Crippen LogP) is 6.99. The average Bonchev–Trinajstić information content (AvgIpc) is 2.67. The molecule has 0 amide bonds. The van der Waals surface area contributed by atoms with E-state index in [1.807, 2.05) is 49.4 Å². The molecule has 0 bridgehead atoms. The maximum absolute atomic E-state index is 13.0. The van der Waals surface area contributed by atoms with Crippen LogP contribution in [0.15, 0.2) is 60.7 Å². The lowest BCUT2D eigenvalue weighted by molar-refractivity contribution is 0.301. The molecule has 140 valence electrons. The van der Waals surface area contributed by atoms with E-state index in [9.17, 15) is 9.65 Å². The Balaban J connectivity index is 1.83. The fourth-order valence-corrected chi connectivity index (χ4v) is 4.74. The topological polar surface area (TPSA) is 33.0 Å². The highest BCUT2D eigenvalue weighted by Crippen LogP contribution is 2.31. The standard InChI is InChI=1S/C23H16FI2NO/c1-15-2-6-18(7-3-15)19(13-27)10-17-11-21(25)23(22(26)12-17)28-14-16-4-8-20(24)9-5-16/h2-12H,14H2,1H3/b19-10-. The van der Waals surface area contributed by atoms with Gasteiger partial charge in [0.2, 0.25) is 0 Å². The Morgan fingerprint density at radius 3 is 2.21 bits per heavy atom. The van der Waals surface area contributed by atoms with E-state index in [1.165, 1.54) is 12.1 Å². The van der Waals surface area contributed by atoms with Gasteiger partial charge in [0, 0.05) is 0 Å². The minimum atomic E-state index is -0.258. The molecule has 0 fully saturated rings. The monoisotopic (exact) mass is 595 g/mol. The SMILES string of the molecule is Cc1ccc(/C(C#N)=C\c2cc(I)c(OCc3ccc(F)cc3)c(I)c2)cc1. The van der Waals surface area contributed by atoms with Crippen molar-refractivity contribution >= 4 is 56.8 Å². The van der Waals surface area contributed by atoms with Crippen LogP contribution in [0, 0.1) is 31.2 Å². The summed E-state index contributed by atoms with van der Waals surface area (Å²) >= 11 is 4.47. The molecule has 0 unspecified atom stereocenters. The summed E-state index contributed by atoms with van der Waals surface area (Å²) in [6.07, 6.45) is 1.89. The fourth-order valence-electron chi connectivity index (χ4n) is 2.62. The van der Waals surface area contributed by atoms with Gasteiger partial charge in [-0.1, -0.05) is 42.0 Å². The highest BCUT2D eigenvalue weighted by molar-refractivity contribution is 14.1. The molecular weight excluding hydrogens is 579 g/mol. The van der Waals surface area contributed by atoms with Crippen LogP contribution in [0.2, 0.25) is 0 Å². The van der Waals surface area contributed by atoms with Crippen LogP contribution in [0.1, 0.15) is 22.3 Å². The Labute approximate surface area is 191 Å². The van der Waals surface area contributed by atoms with Crippen LogP contribution >= 0.6 is 45.2 Å². The zero-order chi connectivity index (χ0) is 20.1. The first-order valence-corrected chi connectivity index (χ1v) is 10.7. The van der Waals surface area contributed by atoms with Gasteiger partial charge in [-0.15, -0.1) is 0 Å². The lowest BCUT2D eigenvalue weighted by Crippen LogP contribution is -1.99. The number of hydrogen-bond donors (Lipinski definition) is 0. The number of allylic oxidation sites excluding steroid dienone is 1. The Hall–Kier alpha value is -1.92. The zero-order valence-corrected chi connectivity index (χ0v) is 19.4. The van der Waals surface area contributed by atoms with Crippen molar-refractivity contribution in [2.75, 3.05) is 0 Å². The van der Waals surface area contributed by atoms with Gasteiger partial charge >= 0.3 is 0 Å². The minimum Gasteiger partial charge on any atom is -0.487 e. The van der Waals surface area contributed by atoms with E-state index in [0.29, 0.717) is 12.2 Å². The lowest BCUT2D eigenvalue weighted by atomic mass is 10.0. The molecule has 0 saturated heterocycles. The molecule has 0 aliphatic carbocycles. The molecular formula is C23H16FI2NO. The summed E-state index contributed by atoms with van der Waals surface area (Å²) in [6, 6.07) is 20.5. The highest BCUT2D eigenvalue weighted by atomic mass is 127. The largest absolute Gasteiger partial charge is 0.487 e. The van der Waals surface area contributed by atoms with Gasteiger partial charge < -0.3 is 4.74 Å². The summed E-state index contributed by atoms with van der Waals surface area (Å²) in [4.78, 5) is 0. The first-order valence-electron chi connectivity index (χ1n) is 8.51. The van der Waals surface area contributed by atoms with Crippen molar-refractivity contribution in [3.8, 4) is 11.8 Å². The number of halogens is 3. The second-order valence-corrected chi connectivity index (χ2v) is 8.59. The van der Waals surface area contributed by atoms with Crippen molar-refractivity contribution in [2.45, 2.75) is 13.5 Å². The third-order valence-electron chi connectivity index (χ3n) is 4.11. The number of ether oxygens (including phenoxy) is 1. The summed E-state index contributed by atoms with van der Waals surface area (Å²) in [5.41, 5.74) is 4.53. The first kappa shape index (κ1) is 20.8. The molecule has 0 heterocycles. The Morgan fingerprint density at radius 1 is 1.04 bits per heavy atom. The first-order chi connectivity index (χ1) is 13.5. The number of aryl methyl sites for hydroxylation is 1. The number of hydrogen-bond acceptors (Lipinski definition) is 2. The van der Waals surface area contributed by atoms with E-state index >= 15 is 0 Å². The molecule has 2 nitrogen and oxygen atoms in total. The average molecular weight is 595 g/mol. The predicted molar refractivity (Wildman–Crippen MR) is 127 cm³/mol. The van der Waals surface area contributed by atoms with Gasteiger partial charge in [0.15, 0.2) is 0 Å². The fraction of sp³-hybridized carbons (Fsp3) is 0.0870. The van der Waals surface area contributed by atoms with Crippen LogP contribution in [-0.4, -0.2) is 0 Å². The van der Waals surface area contributed by atoms with Crippen LogP contribution in [0.25, 0.3) is 11.6 Å². The summed E-state index contributed by atoms with van der Waals surface area (Å²) in [5, 5.41) is 9.56. The van der Waals surface area contributed by atoms with E-state index in [1.54, 1.807) is 12.1 Å². The molecule has 3 rings (SSSR count). The van der Waals surface area contributed by atoms with E-state index in [-0.39, 0.29) is 5.82 Å². The zero-order valence-electron chi connectivity index (χ0n) is 15.0. The van der Waals surface area contributed by atoms with Crippen LogP contribution < -0.4 is 4.74 Å². The van der Waals surface area contributed by atoms with Crippen molar-refractivity contribution < 1.29 is 9.13 Å². The van der Waals surface area contributed by atoms with Gasteiger partial charge in [-0.2, -0.15) is 5.26 Å². The lowest BCUT2D eigenvalue weighted by Gasteiger charge is -2.12. The summed E-state index contributed by atoms with van der Waals surface area (Å²) in [6.45, 7) is 2.39. The minimum absolute atomic E-state index is 0.258. The van der Waals surface area contributed by atoms with Crippen LogP contribution in [0.4, 0.5) is 4.39 Å². The normalized spacial score (nSPS) is 11.2. The molecule has 5 heteroatoms. The van der Waals surface area contributed by atoms with Crippen molar-refractivity contribution in [1.82, 2.24) is 0 Å². The van der Waals surface area contributed by atoms with Crippen LogP contribution in [-0.2, 0) is 6.61 Å². The molecule has 0 atom stereocenters. The summed E-state index contributed by atoms with van der Waals surface area (Å²) in [7, 11) is 0. The molecule has 0 radical (unpaired) electrons. The summed E-state index contributed by atoms with van der Waals surface area (Å²) in [5.74, 6) is 0.530. The van der Waals surface area contributed by atoms with E-state index in [2.05, 4.69) is 51.3 Å². The molecule has 3 aromatic rings. The molecule has 28 heavy (non-hydrogen) atoms. The smallest absolute Gasteiger partial charge is 0.146 e. The van der Waals surface area contributed by atoms with E-state index in [0.717, 1.165) is 35.1 Å². The molecule has 0 spiro atoms. The van der Waals surface area contributed by atoms with Crippen molar-refractivity contribution in [1.29, 1.82) is 5.26 Å². The molecule has 3 aromatic carbocycles. The molecule has 0 aliphatic rings. The third kappa shape index (κ3) is 5.32. The van der Waals surface area contributed by atoms with Crippen LogP contribution in [0.3, 0.4) is 0 Å². The maximum Gasteiger partial charge on any atom is 0.146 e. The quantitative estimate of drug-likeness (QED) is 0.181. The number of nitriles is 1. The number of nitrogens with zero attached hydrogens (tertiary/aromatic N) is 1. The molecule has 0 aliphatic heterocycles. The van der Waals surface area contributed by atoms with Crippen molar-refractivity contribution in [2.24, 2.45) is 0 Å². The van der Waals surface area contributed by atoms with Gasteiger partial charge in [0.1, 0.15) is 18.2 Å². The highest BCUT2D eigenvalue weighted by Gasteiger charge is 2.10. The van der Waals surface area contributed by atoms with Crippen LogP contribution in [0.5, 0.6) is 5.75 Å². The maximum atomic E-state index is 13.0. The Kier molecular flexibility index (Phi) is 7.08. The van der Waals surface area contributed by atoms with Gasteiger partial charge in [0.05, 0.1) is 18.8 Å². The second-order valence-electron chi connectivity index (χ2n) is 6.26. The molecule has 0 saturated carbocycles. The Morgan fingerprint density at radius 2 is 1.64 bits per heavy atom.